The summed E-state index contributed by atoms with van der Waals surface area (Å²) >= 11 is 5.93. The second-order valence-electron chi connectivity index (χ2n) is 8.62. The minimum atomic E-state index is -0.503. The number of nitrogens with one attached hydrogen (secondary N) is 2. The first-order valence-electron chi connectivity index (χ1n) is 11.7. The summed E-state index contributed by atoms with van der Waals surface area (Å²) in [7, 11) is 0. The zero-order valence-corrected chi connectivity index (χ0v) is 20.7. The predicted octanol–water partition coefficient (Wildman–Crippen LogP) is 5.79. The first-order valence-corrected chi connectivity index (χ1v) is 12.1. The van der Waals surface area contributed by atoms with Crippen molar-refractivity contribution in [1.82, 2.24) is 14.9 Å². The van der Waals surface area contributed by atoms with Crippen molar-refractivity contribution in [3.8, 4) is 5.75 Å². The van der Waals surface area contributed by atoms with Crippen LogP contribution in [0.5, 0.6) is 5.75 Å². The quantitative estimate of drug-likeness (QED) is 0.326. The summed E-state index contributed by atoms with van der Waals surface area (Å²) in [4.78, 5) is 23.8. The molecule has 0 bridgehead atoms. The SMILES string of the molecule is C=C(CN(CC)CC)C(=O)Nc1cc2c(Nc3ccc(F)c(Cl)c3)ncnc2cc1OCC1CC1. The molecule has 1 aromatic heterocycles. The van der Waals surface area contributed by atoms with Gasteiger partial charge < -0.3 is 15.4 Å². The van der Waals surface area contributed by atoms with Gasteiger partial charge in [0.15, 0.2) is 0 Å². The highest BCUT2D eigenvalue weighted by Crippen LogP contribution is 2.36. The van der Waals surface area contributed by atoms with E-state index in [9.17, 15) is 9.18 Å². The van der Waals surface area contributed by atoms with E-state index in [2.05, 4.69) is 32.1 Å². The smallest absolute Gasteiger partial charge is 0.252 e. The van der Waals surface area contributed by atoms with Crippen molar-refractivity contribution in [1.29, 1.82) is 0 Å². The van der Waals surface area contributed by atoms with Gasteiger partial charge in [-0.2, -0.15) is 0 Å². The van der Waals surface area contributed by atoms with Crippen molar-refractivity contribution in [3.63, 3.8) is 0 Å². The Labute approximate surface area is 209 Å². The Morgan fingerprint density at radius 3 is 2.69 bits per heavy atom. The lowest BCUT2D eigenvalue weighted by atomic mass is 10.1. The number of ether oxygens (including phenoxy) is 1. The van der Waals surface area contributed by atoms with E-state index in [1.165, 1.54) is 18.5 Å². The first-order chi connectivity index (χ1) is 16.9. The topological polar surface area (TPSA) is 79.4 Å². The molecule has 1 saturated carbocycles. The molecule has 0 atom stereocenters. The van der Waals surface area contributed by atoms with Crippen LogP contribution in [0, 0.1) is 11.7 Å². The molecular weight excluding hydrogens is 469 g/mol. The van der Waals surface area contributed by atoms with Crippen molar-refractivity contribution < 1.29 is 13.9 Å². The third-order valence-electron chi connectivity index (χ3n) is 5.97. The standard InChI is InChI=1S/C26H29ClFN5O2/c1-4-33(5-2)13-16(3)26(34)32-23-11-19-22(12-24(23)35-14-17-6-7-17)29-15-30-25(19)31-18-8-9-21(28)20(27)10-18/h8-12,15,17H,3-7,13-14H2,1-2H3,(H,32,34)(H,29,30,31). The van der Waals surface area contributed by atoms with E-state index in [-0.39, 0.29) is 10.9 Å². The van der Waals surface area contributed by atoms with Crippen molar-refractivity contribution in [2.75, 3.05) is 36.9 Å². The predicted molar refractivity (Wildman–Crippen MR) is 138 cm³/mol. The van der Waals surface area contributed by atoms with E-state index < -0.39 is 5.82 Å². The maximum Gasteiger partial charge on any atom is 0.252 e. The van der Waals surface area contributed by atoms with Crippen LogP contribution in [0.1, 0.15) is 26.7 Å². The Morgan fingerprint density at radius 2 is 2.00 bits per heavy atom. The molecule has 184 valence electrons. The zero-order chi connectivity index (χ0) is 24.9. The van der Waals surface area contributed by atoms with Crippen LogP contribution >= 0.6 is 11.6 Å². The molecule has 1 heterocycles. The van der Waals surface area contributed by atoms with E-state index in [1.54, 1.807) is 18.2 Å². The lowest BCUT2D eigenvalue weighted by Crippen LogP contribution is -2.29. The largest absolute Gasteiger partial charge is 0.491 e. The summed E-state index contributed by atoms with van der Waals surface area (Å²) in [6, 6.07) is 7.92. The highest BCUT2D eigenvalue weighted by atomic mass is 35.5. The minimum absolute atomic E-state index is 0.00351. The van der Waals surface area contributed by atoms with Gasteiger partial charge >= 0.3 is 0 Å². The number of nitrogens with zero attached hydrogens (tertiary/aromatic N) is 3. The van der Waals surface area contributed by atoms with Crippen LogP contribution in [-0.4, -0.2) is 47.0 Å². The molecule has 0 spiro atoms. The summed E-state index contributed by atoms with van der Waals surface area (Å²) in [5.74, 6) is 0.797. The molecule has 0 saturated heterocycles. The summed E-state index contributed by atoms with van der Waals surface area (Å²) in [6.07, 6.45) is 3.73. The zero-order valence-electron chi connectivity index (χ0n) is 19.9. The van der Waals surface area contributed by atoms with E-state index >= 15 is 0 Å². The van der Waals surface area contributed by atoms with Gasteiger partial charge in [0, 0.05) is 29.3 Å². The highest BCUT2D eigenvalue weighted by Gasteiger charge is 2.23. The maximum absolute atomic E-state index is 13.6. The summed E-state index contributed by atoms with van der Waals surface area (Å²) in [6.45, 7) is 10.8. The molecule has 0 aliphatic heterocycles. The number of anilines is 3. The molecule has 0 radical (unpaired) electrons. The fourth-order valence-corrected chi connectivity index (χ4v) is 3.78. The number of hydrogen-bond acceptors (Lipinski definition) is 6. The molecule has 2 N–H and O–H groups in total. The Kier molecular flexibility index (Phi) is 7.83. The fraction of sp³-hybridized carbons (Fsp3) is 0.346. The molecule has 1 aliphatic carbocycles. The number of aromatic nitrogens is 2. The average Bonchev–Trinajstić information content (AvgIpc) is 3.68. The third-order valence-corrected chi connectivity index (χ3v) is 6.26. The summed E-state index contributed by atoms with van der Waals surface area (Å²) in [5.41, 5.74) is 2.19. The van der Waals surface area contributed by atoms with Gasteiger partial charge in [-0.15, -0.1) is 0 Å². The first kappa shape index (κ1) is 24.9. The summed E-state index contributed by atoms with van der Waals surface area (Å²) < 4.78 is 19.6. The Morgan fingerprint density at radius 1 is 1.23 bits per heavy atom. The molecule has 1 fully saturated rings. The van der Waals surface area contributed by atoms with Gasteiger partial charge in [0.25, 0.3) is 5.91 Å². The van der Waals surface area contributed by atoms with Gasteiger partial charge in [-0.1, -0.05) is 32.0 Å². The second-order valence-corrected chi connectivity index (χ2v) is 9.02. The number of hydrogen-bond donors (Lipinski definition) is 2. The van der Waals surface area contributed by atoms with Crippen molar-refractivity contribution in [3.05, 3.63) is 59.7 Å². The number of rotatable bonds is 11. The fourth-order valence-electron chi connectivity index (χ4n) is 3.60. The van der Waals surface area contributed by atoms with Crippen LogP contribution in [0.15, 0.2) is 48.8 Å². The van der Waals surface area contributed by atoms with Crippen molar-refractivity contribution >= 4 is 45.6 Å². The molecule has 3 aromatic rings. The van der Waals surface area contributed by atoms with Gasteiger partial charge in [-0.25, -0.2) is 14.4 Å². The third kappa shape index (κ3) is 6.26. The molecule has 4 rings (SSSR count). The molecule has 35 heavy (non-hydrogen) atoms. The average molecular weight is 498 g/mol. The van der Waals surface area contributed by atoms with E-state index in [4.69, 9.17) is 16.3 Å². The number of carbonyl (C=O) groups excluding carboxylic acids is 1. The van der Waals surface area contributed by atoms with Crippen LogP contribution < -0.4 is 15.4 Å². The number of halogens is 2. The normalized spacial score (nSPS) is 13.2. The van der Waals surface area contributed by atoms with Gasteiger partial charge in [0.2, 0.25) is 0 Å². The van der Waals surface area contributed by atoms with Gasteiger partial charge in [-0.05, 0) is 56.1 Å². The molecule has 7 nitrogen and oxygen atoms in total. The number of carbonyl (C=O) groups is 1. The molecule has 0 unspecified atom stereocenters. The molecule has 1 aliphatic rings. The van der Waals surface area contributed by atoms with Crippen LogP contribution in [-0.2, 0) is 4.79 Å². The number of fused-ring (bicyclic) bond motifs is 1. The maximum atomic E-state index is 13.6. The molecule has 1 amide bonds. The lowest BCUT2D eigenvalue weighted by Gasteiger charge is -2.20. The van der Waals surface area contributed by atoms with E-state index in [1.807, 2.05) is 13.8 Å². The van der Waals surface area contributed by atoms with Crippen LogP contribution in [0.25, 0.3) is 10.9 Å². The second kappa shape index (κ2) is 11.0. The van der Waals surface area contributed by atoms with Crippen LogP contribution in [0.4, 0.5) is 21.6 Å². The summed E-state index contributed by atoms with van der Waals surface area (Å²) in [5, 5.41) is 6.79. The van der Waals surface area contributed by atoms with Gasteiger partial charge in [-0.3, -0.25) is 9.69 Å². The monoisotopic (exact) mass is 497 g/mol. The Bertz CT molecular complexity index is 1240. The Balaban J connectivity index is 1.65. The number of benzene rings is 2. The highest BCUT2D eigenvalue weighted by molar-refractivity contribution is 6.31. The molecule has 2 aromatic carbocycles. The molecule has 9 heteroatoms. The van der Waals surface area contributed by atoms with Crippen molar-refractivity contribution in [2.45, 2.75) is 26.7 Å². The van der Waals surface area contributed by atoms with E-state index in [0.29, 0.717) is 58.5 Å². The Hall–Kier alpha value is -3.23. The van der Waals surface area contributed by atoms with Crippen LogP contribution in [0.3, 0.4) is 0 Å². The minimum Gasteiger partial charge on any atom is -0.491 e. The molecular formula is C26H29ClFN5O2. The lowest BCUT2D eigenvalue weighted by molar-refractivity contribution is -0.113. The van der Waals surface area contributed by atoms with Gasteiger partial charge in [0.1, 0.15) is 23.7 Å². The number of likely N-dealkylation sites (N-methyl/N-ethyl adjacent to an activating group) is 1. The van der Waals surface area contributed by atoms with E-state index in [0.717, 1.165) is 25.9 Å². The van der Waals surface area contributed by atoms with Gasteiger partial charge in [0.05, 0.1) is 22.8 Å². The van der Waals surface area contributed by atoms with Crippen molar-refractivity contribution in [2.24, 2.45) is 5.92 Å². The van der Waals surface area contributed by atoms with Crippen LogP contribution in [0.2, 0.25) is 5.02 Å². The number of amides is 1.